The van der Waals surface area contributed by atoms with Gasteiger partial charge in [-0.3, -0.25) is 4.79 Å². The van der Waals surface area contributed by atoms with Gasteiger partial charge in [0.05, 0.1) is 6.54 Å². The van der Waals surface area contributed by atoms with Gasteiger partial charge < -0.3 is 24.6 Å². The number of hydrogen-bond donors (Lipinski definition) is 1. The van der Waals surface area contributed by atoms with Crippen molar-refractivity contribution in [2.45, 2.75) is 32.0 Å². The van der Waals surface area contributed by atoms with Crippen molar-refractivity contribution in [3.63, 3.8) is 0 Å². The fourth-order valence-electron chi connectivity index (χ4n) is 3.84. The third-order valence-electron chi connectivity index (χ3n) is 5.72. The number of rotatable bonds is 8. The normalized spacial score (nSPS) is 14.0. The van der Waals surface area contributed by atoms with Crippen molar-refractivity contribution in [1.29, 1.82) is 0 Å². The second-order valence-electron chi connectivity index (χ2n) is 8.32. The van der Waals surface area contributed by atoms with Crippen molar-refractivity contribution in [3.05, 3.63) is 75.4 Å². The molecule has 9 heteroatoms. The van der Waals surface area contributed by atoms with Crippen LogP contribution in [0, 0.1) is 0 Å². The molecule has 0 unspecified atom stereocenters. The van der Waals surface area contributed by atoms with Gasteiger partial charge in [-0.25, -0.2) is 4.79 Å². The van der Waals surface area contributed by atoms with Gasteiger partial charge in [-0.2, -0.15) is 0 Å². The zero-order chi connectivity index (χ0) is 23.5. The van der Waals surface area contributed by atoms with Crippen LogP contribution < -0.4 is 14.8 Å². The SMILES string of the molecule is O=C(CN(C(=O)Nc1cccc(Cl)c1)C1CC1)N(Cc1ccc2c(c1)OCO2)Cc1cccs1. The molecule has 0 spiro atoms. The molecule has 0 atom stereocenters. The number of amides is 3. The molecule has 2 aliphatic rings. The van der Waals surface area contributed by atoms with E-state index in [1.54, 1.807) is 45.4 Å². The van der Waals surface area contributed by atoms with Crippen LogP contribution in [-0.2, 0) is 17.9 Å². The van der Waals surface area contributed by atoms with Crippen LogP contribution in [0.5, 0.6) is 11.5 Å². The average molecular weight is 498 g/mol. The van der Waals surface area contributed by atoms with E-state index >= 15 is 0 Å². The maximum atomic E-state index is 13.5. The first-order chi connectivity index (χ1) is 16.5. The molecule has 0 bridgehead atoms. The maximum absolute atomic E-state index is 13.5. The van der Waals surface area contributed by atoms with Gasteiger partial charge in [-0.1, -0.05) is 29.8 Å². The van der Waals surface area contributed by atoms with Crippen molar-refractivity contribution < 1.29 is 19.1 Å². The molecule has 34 heavy (non-hydrogen) atoms. The molecule has 176 valence electrons. The summed E-state index contributed by atoms with van der Waals surface area (Å²) in [6.07, 6.45) is 1.78. The van der Waals surface area contributed by atoms with Crippen LogP contribution in [0.25, 0.3) is 0 Å². The monoisotopic (exact) mass is 497 g/mol. The average Bonchev–Trinajstić information content (AvgIpc) is 3.32. The summed E-state index contributed by atoms with van der Waals surface area (Å²) < 4.78 is 10.9. The number of thiophene rings is 1. The van der Waals surface area contributed by atoms with E-state index in [1.807, 2.05) is 35.7 Å². The molecule has 5 rings (SSSR count). The van der Waals surface area contributed by atoms with Gasteiger partial charge in [0.2, 0.25) is 12.7 Å². The molecule has 1 aromatic heterocycles. The first kappa shape index (κ1) is 22.6. The lowest BCUT2D eigenvalue weighted by Gasteiger charge is -2.28. The minimum atomic E-state index is -0.294. The van der Waals surface area contributed by atoms with Crippen LogP contribution in [0.3, 0.4) is 0 Å². The van der Waals surface area contributed by atoms with Crippen LogP contribution >= 0.6 is 22.9 Å². The second-order valence-corrected chi connectivity index (χ2v) is 9.79. The van der Waals surface area contributed by atoms with Crippen LogP contribution in [0.2, 0.25) is 5.02 Å². The predicted octanol–water partition coefficient (Wildman–Crippen LogP) is 5.36. The Morgan fingerprint density at radius 2 is 1.88 bits per heavy atom. The van der Waals surface area contributed by atoms with Gasteiger partial charge in [0.1, 0.15) is 6.54 Å². The van der Waals surface area contributed by atoms with Crippen LogP contribution in [0.4, 0.5) is 10.5 Å². The minimum absolute atomic E-state index is 0.00694. The Kier molecular flexibility index (Phi) is 6.60. The summed E-state index contributed by atoms with van der Waals surface area (Å²) in [6.45, 7) is 1.09. The zero-order valence-electron chi connectivity index (χ0n) is 18.4. The van der Waals surface area contributed by atoms with Gasteiger partial charge in [-0.05, 0) is 60.2 Å². The van der Waals surface area contributed by atoms with E-state index in [1.165, 1.54) is 0 Å². The predicted molar refractivity (Wildman–Crippen MR) is 131 cm³/mol. The number of nitrogens with zero attached hydrogens (tertiary/aromatic N) is 2. The highest BCUT2D eigenvalue weighted by molar-refractivity contribution is 7.09. The van der Waals surface area contributed by atoms with E-state index in [2.05, 4.69) is 5.32 Å². The molecule has 0 radical (unpaired) electrons. The van der Waals surface area contributed by atoms with Gasteiger partial charge in [0.15, 0.2) is 11.5 Å². The zero-order valence-corrected chi connectivity index (χ0v) is 20.0. The Hall–Kier alpha value is -3.23. The van der Waals surface area contributed by atoms with Crippen molar-refractivity contribution in [1.82, 2.24) is 9.80 Å². The summed E-state index contributed by atoms with van der Waals surface area (Å²) in [5.41, 5.74) is 1.54. The number of halogens is 1. The molecule has 1 aliphatic carbocycles. The van der Waals surface area contributed by atoms with E-state index in [-0.39, 0.29) is 31.3 Å². The van der Waals surface area contributed by atoms with Crippen LogP contribution in [-0.4, -0.2) is 41.1 Å². The molecule has 0 saturated heterocycles. The Morgan fingerprint density at radius 1 is 1.03 bits per heavy atom. The number of hydrogen-bond acceptors (Lipinski definition) is 5. The van der Waals surface area contributed by atoms with Crippen molar-refractivity contribution in [3.8, 4) is 11.5 Å². The highest BCUT2D eigenvalue weighted by atomic mass is 35.5. The van der Waals surface area contributed by atoms with E-state index in [9.17, 15) is 9.59 Å². The number of anilines is 1. The highest BCUT2D eigenvalue weighted by Gasteiger charge is 2.35. The lowest BCUT2D eigenvalue weighted by atomic mass is 10.2. The first-order valence-electron chi connectivity index (χ1n) is 11.1. The molecule has 1 saturated carbocycles. The van der Waals surface area contributed by atoms with Crippen LogP contribution in [0.1, 0.15) is 23.3 Å². The topological polar surface area (TPSA) is 71.1 Å². The number of ether oxygens (including phenoxy) is 2. The first-order valence-corrected chi connectivity index (χ1v) is 12.3. The number of carbonyl (C=O) groups is 2. The van der Waals surface area contributed by atoms with E-state index in [4.69, 9.17) is 21.1 Å². The van der Waals surface area contributed by atoms with E-state index in [0.29, 0.717) is 35.3 Å². The molecular formula is C25H24ClN3O4S. The van der Waals surface area contributed by atoms with Crippen molar-refractivity contribution in [2.24, 2.45) is 0 Å². The van der Waals surface area contributed by atoms with E-state index < -0.39 is 0 Å². The molecule has 7 nitrogen and oxygen atoms in total. The largest absolute Gasteiger partial charge is 0.454 e. The standard InChI is InChI=1S/C25H24ClN3O4S/c26-18-3-1-4-19(12-18)27-25(31)29(20-7-8-20)15-24(30)28(14-21-5-2-10-34-21)13-17-6-9-22-23(11-17)33-16-32-22/h1-6,9-12,20H,7-8,13-16H2,(H,27,31). The Morgan fingerprint density at radius 3 is 2.65 bits per heavy atom. The van der Waals surface area contributed by atoms with Crippen LogP contribution in [0.15, 0.2) is 60.0 Å². The number of benzene rings is 2. The third kappa shape index (κ3) is 5.46. The smallest absolute Gasteiger partial charge is 0.322 e. The molecule has 2 aromatic carbocycles. The summed E-state index contributed by atoms with van der Waals surface area (Å²) in [5.74, 6) is 1.28. The van der Waals surface area contributed by atoms with Gasteiger partial charge in [-0.15, -0.1) is 11.3 Å². The Labute approximate surface area is 206 Å². The molecular weight excluding hydrogens is 474 g/mol. The molecule has 1 fully saturated rings. The van der Waals surface area contributed by atoms with Gasteiger partial charge >= 0.3 is 6.03 Å². The molecule has 1 N–H and O–H groups in total. The maximum Gasteiger partial charge on any atom is 0.322 e. The van der Waals surface area contributed by atoms with Gasteiger partial charge in [0, 0.05) is 28.2 Å². The quantitative estimate of drug-likeness (QED) is 0.455. The number of carbonyl (C=O) groups excluding carboxylic acids is 2. The van der Waals surface area contributed by atoms with Crippen molar-refractivity contribution in [2.75, 3.05) is 18.7 Å². The Bertz CT molecular complexity index is 1180. The third-order valence-corrected chi connectivity index (χ3v) is 6.82. The number of nitrogens with one attached hydrogen (secondary N) is 1. The minimum Gasteiger partial charge on any atom is -0.454 e. The number of urea groups is 1. The van der Waals surface area contributed by atoms with Gasteiger partial charge in [0.25, 0.3) is 0 Å². The van der Waals surface area contributed by atoms with Crippen molar-refractivity contribution >= 4 is 40.6 Å². The highest BCUT2D eigenvalue weighted by Crippen LogP contribution is 2.33. The lowest BCUT2D eigenvalue weighted by molar-refractivity contribution is -0.133. The molecule has 3 aromatic rings. The lowest BCUT2D eigenvalue weighted by Crippen LogP contribution is -2.45. The number of fused-ring (bicyclic) bond motifs is 1. The fraction of sp³-hybridized carbons (Fsp3) is 0.280. The summed E-state index contributed by atoms with van der Waals surface area (Å²) in [6, 6.07) is 16.4. The fourth-order valence-corrected chi connectivity index (χ4v) is 4.75. The van der Waals surface area contributed by atoms with E-state index in [0.717, 1.165) is 23.3 Å². The molecule has 2 heterocycles. The molecule has 3 amide bonds. The summed E-state index contributed by atoms with van der Waals surface area (Å²) in [7, 11) is 0. The molecule has 1 aliphatic heterocycles. The summed E-state index contributed by atoms with van der Waals surface area (Å²) in [4.78, 5) is 31.0. The Balaban J connectivity index is 1.31. The summed E-state index contributed by atoms with van der Waals surface area (Å²) in [5, 5.41) is 5.41. The second kappa shape index (κ2) is 9.95. The summed E-state index contributed by atoms with van der Waals surface area (Å²) >= 11 is 7.65.